The molecule has 0 bridgehead atoms. The summed E-state index contributed by atoms with van der Waals surface area (Å²) in [6.45, 7) is 1.24. The Morgan fingerprint density at radius 1 is 1.38 bits per heavy atom. The van der Waals surface area contributed by atoms with Gasteiger partial charge in [-0.2, -0.15) is 0 Å². The zero-order valence-corrected chi connectivity index (χ0v) is 14.0. The fourth-order valence-electron chi connectivity index (χ4n) is 2.38. The first kappa shape index (κ1) is 21.1. The molecule has 4 atom stereocenters. The molecule has 1 saturated heterocycles. The van der Waals surface area contributed by atoms with Gasteiger partial charge in [0.15, 0.2) is 0 Å². The van der Waals surface area contributed by atoms with Crippen LogP contribution in [0, 0.1) is 6.92 Å². The average Bonchev–Trinajstić information content (AvgIpc) is 2.63. The molecule has 1 aromatic heterocycles. The minimum absolute atomic E-state index is 0.102. The van der Waals surface area contributed by atoms with Crippen molar-refractivity contribution in [3.63, 3.8) is 0 Å². The van der Waals surface area contributed by atoms with Gasteiger partial charge < -0.3 is 24.7 Å². The summed E-state index contributed by atoms with van der Waals surface area (Å²) < 4.78 is 35.0. The van der Waals surface area contributed by atoms with E-state index in [1.807, 2.05) is 4.98 Å². The molecule has 0 aliphatic carbocycles. The van der Waals surface area contributed by atoms with Gasteiger partial charge in [-0.1, -0.05) is 0 Å². The molecule has 1 fully saturated rings. The Balaban J connectivity index is 2.59. The van der Waals surface area contributed by atoms with Gasteiger partial charge in [-0.25, -0.2) is 13.8 Å². The van der Waals surface area contributed by atoms with Crippen molar-refractivity contribution in [1.82, 2.24) is 9.55 Å². The van der Waals surface area contributed by atoms with Crippen LogP contribution in [-0.2, 0) is 19.4 Å². The number of rotatable bonds is 4. The summed E-state index contributed by atoms with van der Waals surface area (Å²) in [4.78, 5) is 42.7. The van der Waals surface area contributed by atoms with E-state index in [-0.39, 0.29) is 5.56 Å². The summed E-state index contributed by atoms with van der Waals surface area (Å²) >= 11 is 0. The summed E-state index contributed by atoms with van der Waals surface area (Å²) in [6.07, 6.45) is -4.35. The fourth-order valence-corrected chi connectivity index (χ4v) is 2.89. The molecule has 11 nitrogen and oxygen atoms in total. The number of aryl methyl sites for hydroxylation is 1. The molecule has 16 heteroatoms. The van der Waals surface area contributed by atoms with Crippen LogP contribution in [0.25, 0.3) is 0 Å². The smallest absolute Gasteiger partial charge is 0.386 e. The summed E-state index contributed by atoms with van der Waals surface area (Å²) in [5.41, 5.74) is -5.04. The van der Waals surface area contributed by atoms with Crippen molar-refractivity contribution in [3.05, 3.63) is 32.6 Å². The molecule has 5 N–H and O–H groups in total. The molecule has 1 aliphatic heterocycles. The van der Waals surface area contributed by atoms with Crippen molar-refractivity contribution in [2.45, 2.75) is 36.0 Å². The molecule has 1 aromatic rings. The number of hydrogen-bond donors (Lipinski definition) is 5. The van der Waals surface area contributed by atoms with Crippen LogP contribution in [0.3, 0.4) is 0 Å². The number of aromatic amines is 1. The first-order chi connectivity index (χ1) is 11.5. The quantitative estimate of drug-likeness (QED) is 0.257. The highest BCUT2D eigenvalue weighted by Crippen LogP contribution is 2.50. The van der Waals surface area contributed by atoms with E-state index >= 15 is 4.39 Å². The lowest BCUT2D eigenvalue weighted by Crippen LogP contribution is -2.60. The summed E-state index contributed by atoms with van der Waals surface area (Å²) in [7, 11) is 10.5. The fraction of sp³-hybridized carbons (Fsp3) is 0.600. The molecule has 26 heavy (non-hydrogen) atoms. The van der Waals surface area contributed by atoms with Crippen molar-refractivity contribution in [1.29, 1.82) is 0 Å². The Hall–Kier alpha value is -1.21. The number of aromatic nitrogens is 2. The number of aliphatic hydroxyl groups is 2. The topological polar surface area (TPSA) is 171 Å². The SMILES string of the molecule is [B]C([B])(OP(=O)(O)O)[C@@]1(F)O[C@@]([B])(n2cc(C)c(=O)[nH]c2=O)[C@H](O)[C@@H]1O. The van der Waals surface area contributed by atoms with Crippen molar-refractivity contribution in [2.75, 3.05) is 0 Å². The van der Waals surface area contributed by atoms with E-state index in [2.05, 4.69) is 9.26 Å². The van der Waals surface area contributed by atoms with Crippen LogP contribution in [0.2, 0.25) is 0 Å². The number of hydrogen-bond acceptors (Lipinski definition) is 7. The van der Waals surface area contributed by atoms with E-state index < -0.39 is 48.2 Å². The van der Waals surface area contributed by atoms with Crippen LogP contribution in [0.5, 0.6) is 0 Å². The molecule has 0 spiro atoms. The summed E-state index contributed by atoms with van der Waals surface area (Å²) in [5.74, 6) is -3.88. The first-order valence-corrected chi connectivity index (χ1v) is 8.29. The second kappa shape index (κ2) is 6.16. The predicted octanol–water partition coefficient (Wildman–Crippen LogP) is -3.86. The zero-order valence-electron chi connectivity index (χ0n) is 13.1. The van der Waals surface area contributed by atoms with E-state index in [1.54, 1.807) is 0 Å². The Kier molecular flexibility index (Phi) is 5.00. The third-order valence-corrected chi connectivity index (χ3v) is 4.25. The van der Waals surface area contributed by atoms with Gasteiger partial charge in [0.2, 0.25) is 0 Å². The number of alkyl halides is 1. The van der Waals surface area contributed by atoms with Crippen molar-refractivity contribution < 1.29 is 38.2 Å². The molecule has 6 radical (unpaired) electrons. The standard InChI is InChI=1S/C10H11B3FN2O9P/c1-3-2-16(7(20)15-6(3)19)9(11)5(18)4(17)8(14,24-9)10(12,13)25-26(21,22)23/h2,4-5,17-18H,1H3,(H,15,19,20)(H2,21,22,23)/t4-,5+,8-,9-/m0/s1. The summed E-state index contributed by atoms with van der Waals surface area (Å²) in [5, 5.41) is 16.5. The minimum atomic E-state index is -5.49. The highest BCUT2D eigenvalue weighted by atomic mass is 31.2. The second-order valence-corrected chi connectivity index (χ2v) is 6.87. The number of phosphoric acid groups is 1. The largest absolute Gasteiger partial charge is 0.468 e. The number of aliphatic hydroxyl groups excluding tert-OH is 2. The van der Waals surface area contributed by atoms with Crippen molar-refractivity contribution in [2.24, 2.45) is 0 Å². The molecule has 2 heterocycles. The lowest BCUT2D eigenvalue weighted by Gasteiger charge is -2.40. The van der Waals surface area contributed by atoms with Crippen molar-refractivity contribution in [3.8, 4) is 0 Å². The van der Waals surface area contributed by atoms with Gasteiger partial charge in [-0.3, -0.25) is 18.9 Å². The van der Waals surface area contributed by atoms with Gasteiger partial charge in [0.1, 0.15) is 41.4 Å². The van der Waals surface area contributed by atoms with Gasteiger partial charge in [0, 0.05) is 11.8 Å². The third-order valence-electron chi connectivity index (χ3n) is 3.71. The Bertz CT molecular complexity index is 887. The monoisotopic (exact) mass is 386 g/mol. The summed E-state index contributed by atoms with van der Waals surface area (Å²) in [6, 6.07) is 0. The predicted molar refractivity (Wildman–Crippen MR) is 84.1 cm³/mol. The van der Waals surface area contributed by atoms with E-state index in [9.17, 15) is 24.4 Å². The lowest BCUT2D eigenvalue weighted by molar-refractivity contribution is -0.240. The highest BCUT2D eigenvalue weighted by molar-refractivity contribution is 7.46. The van der Waals surface area contributed by atoms with Gasteiger partial charge >= 0.3 is 13.5 Å². The van der Waals surface area contributed by atoms with Gasteiger partial charge in [0.05, 0.1) is 5.40 Å². The van der Waals surface area contributed by atoms with Gasteiger partial charge in [0.25, 0.3) is 11.4 Å². The van der Waals surface area contributed by atoms with Gasteiger partial charge in [-0.05, 0) is 6.92 Å². The van der Waals surface area contributed by atoms with E-state index in [0.29, 0.717) is 4.57 Å². The maximum absolute atomic E-state index is 15.1. The molecular formula is C10H11B3FN2O9P. The highest BCUT2D eigenvalue weighted by Gasteiger charge is 2.68. The average molecular weight is 386 g/mol. The van der Waals surface area contributed by atoms with Crippen LogP contribution >= 0.6 is 7.82 Å². The molecule has 1 aliphatic rings. The van der Waals surface area contributed by atoms with Crippen LogP contribution in [-0.4, -0.2) is 76.6 Å². The minimum Gasteiger partial charge on any atom is -0.386 e. The molecule has 0 amide bonds. The Morgan fingerprint density at radius 3 is 2.42 bits per heavy atom. The second-order valence-electron chi connectivity index (χ2n) is 5.70. The van der Waals surface area contributed by atoms with Crippen molar-refractivity contribution >= 4 is 31.4 Å². The van der Waals surface area contributed by atoms with E-state index in [0.717, 1.165) is 6.20 Å². The number of ether oxygens (including phenoxy) is 1. The molecular weight excluding hydrogens is 375 g/mol. The number of nitrogens with one attached hydrogen (secondary N) is 1. The van der Waals surface area contributed by atoms with Crippen LogP contribution in [0.1, 0.15) is 5.56 Å². The number of halogens is 1. The van der Waals surface area contributed by atoms with E-state index in [1.165, 1.54) is 6.92 Å². The number of H-pyrrole nitrogens is 1. The normalized spacial score (nSPS) is 32.7. The number of nitrogens with zero attached hydrogens (tertiary/aromatic N) is 1. The molecule has 2 rings (SSSR count). The van der Waals surface area contributed by atoms with Crippen LogP contribution in [0.4, 0.5) is 4.39 Å². The van der Waals surface area contributed by atoms with E-state index in [4.69, 9.17) is 33.3 Å². The maximum Gasteiger partial charge on any atom is 0.468 e. The molecule has 0 aromatic carbocycles. The van der Waals surface area contributed by atoms with Gasteiger partial charge in [-0.15, -0.1) is 0 Å². The molecule has 0 saturated carbocycles. The Labute approximate surface area is 148 Å². The van der Waals surface area contributed by atoms with Crippen LogP contribution in [0.15, 0.2) is 15.8 Å². The molecule has 136 valence electrons. The zero-order chi connectivity index (χ0) is 20.3. The molecule has 0 unspecified atom stereocenters. The number of phosphoric ester groups is 1. The van der Waals surface area contributed by atoms with Crippen LogP contribution < -0.4 is 11.2 Å². The Morgan fingerprint density at radius 2 is 1.92 bits per heavy atom. The third kappa shape index (κ3) is 3.24. The first-order valence-electron chi connectivity index (χ1n) is 6.76. The lowest BCUT2D eigenvalue weighted by atomic mass is 9.59. The maximum atomic E-state index is 15.1.